The number of hydrogen-bond acceptors (Lipinski definition) is 0. The molecule has 0 amide bonds. The molecule has 0 aromatic rings. The molecule has 0 aromatic heterocycles. The monoisotopic (exact) mass is 322 g/mol. The maximum absolute atomic E-state index is 2.67. The third-order valence-corrected chi connectivity index (χ3v) is 10.7. The Morgan fingerprint density at radius 3 is 2.50 bits per heavy atom. The molecule has 0 saturated heterocycles. The molecule has 0 heteroatoms. The van der Waals surface area contributed by atoms with Gasteiger partial charge in [0.2, 0.25) is 0 Å². The first-order valence-corrected chi connectivity index (χ1v) is 11.5. The molecule has 7 rings (SSSR count). The van der Waals surface area contributed by atoms with Crippen LogP contribution in [0, 0.1) is 64.6 Å². The fraction of sp³-hybridized carbons (Fsp3) is 0.917. The second kappa shape index (κ2) is 4.17. The normalized spacial score (nSPS) is 65.2. The minimum atomic E-state index is 0.731. The van der Waals surface area contributed by atoms with Crippen molar-refractivity contribution < 1.29 is 0 Å². The molecule has 11 unspecified atom stereocenters. The van der Waals surface area contributed by atoms with Gasteiger partial charge in [0.25, 0.3) is 0 Å². The maximum Gasteiger partial charge on any atom is -0.00230 e. The second-order valence-corrected chi connectivity index (χ2v) is 11.3. The molecule has 130 valence electrons. The Morgan fingerprint density at radius 2 is 1.71 bits per heavy atom. The van der Waals surface area contributed by atoms with E-state index in [1.54, 1.807) is 57.8 Å². The molecule has 0 aromatic carbocycles. The van der Waals surface area contributed by atoms with Crippen LogP contribution in [-0.2, 0) is 0 Å². The van der Waals surface area contributed by atoms with Crippen LogP contribution in [0.15, 0.2) is 11.1 Å². The zero-order valence-electron chi connectivity index (χ0n) is 15.6. The fourth-order valence-electron chi connectivity index (χ4n) is 9.35. The summed E-state index contributed by atoms with van der Waals surface area (Å²) in [5.41, 5.74) is 5.03. The zero-order chi connectivity index (χ0) is 15.8. The second-order valence-electron chi connectivity index (χ2n) is 11.3. The van der Waals surface area contributed by atoms with Crippen LogP contribution in [0.25, 0.3) is 0 Å². The van der Waals surface area contributed by atoms with Crippen molar-refractivity contribution in [3.63, 3.8) is 0 Å². The predicted octanol–water partition coefficient (Wildman–Crippen LogP) is 6.08. The fourth-order valence-corrected chi connectivity index (χ4v) is 9.35. The van der Waals surface area contributed by atoms with Gasteiger partial charge in [-0.25, -0.2) is 0 Å². The van der Waals surface area contributed by atoms with E-state index in [-0.39, 0.29) is 0 Å². The van der Waals surface area contributed by atoms with Crippen LogP contribution in [-0.4, -0.2) is 0 Å². The highest BCUT2D eigenvalue weighted by atomic mass is 14.8. The number of hydrogen-bond donors (Lipinski definition) is 0. The molecule has 0 nitrogen and oxygen atoms in total. The lowest BCUT2D eigenvalue weighted by Gasteiger charge is -2.50. The quantitative estimate of drug-likeness (QED) is 0.474. The van der Waals surface area contributed by atoms with Gasteiger partial charge in [0.05, 0.1) is 0 Å². The molecular weight excluding hydrogens is 288 g/mol. The predicted molar refractivity (Wildman–Crippen MR) is 97.3 cm³/mol. The lowest BCUT2D eigenvalue weighted by Crippen LogP contribution is -2.42. The van der Waals surface area contributed by atoms with Crippen molar-refractivity contribution in [1.82, 2.24) is 0 Å². The minimum absolute atomic E-state index is 0.731. The Balaban J connectivity index is 1.41. The molecule has 6 saturated carbocycles. The smallest absolute Gasteiger partial charge is 0.00230 e. The summed E-state index contributed by atoms with van der Waals surface area (Å²) in [5, 5.41) is 0. The lowest BCUT2D eigenvalue weighted by atomic mass is 9.54. The summed E-state index contributed by atoms with van der Waals surface area (Å²) in [6, 6.07) is 0. The van der Waals surface area contributed by atoms with Gasteiger partial charge in [0.1, 0.15) is 0 Å². The van der Waals surface area contributed by atoms with E-state index in [1.165, 1.54) is 0 Å². The summed E-state index contributed by atoms with van der Waals surface area (Å²) >= 11 is 0. The Labute approximate surface area is 147 Å². The van der Waals surface area contributed by atoms with Crippen molar-refractivity contribution in [3.8, 4) is 0 Å². The number of fused-ring (bicyclic) bond motifs is 7. The molecule has 0 heterocycles. The summed E-state index contributed by atoms with van der Waals surface area (Å²) in [4.78, 5) is 0. The standard InChI is InChI=1S/C24H34/c1-12-5-3-8-17-18-9-14(18)6-4-7-16-13(2)20-21(16)22(20)23(17)24(12)11-15-10-19(15)24/h12-21H,3-11H2,1-2H3. The summed E-state index contributed by atoms with van der Waals surface area (Å²) < 4.78 is 0. The van der Waals surface area contributed by atoms with Crippen LogP contribution in [0.4, 0.5) is 0 Å². The molecular formula is C24H34. The van der Waals surface area contributed by atoms with Crippen LogP contribution in [0.5, 0.6) is 0 Å². The first-order valence-electron chi connectivity index (χ1n) is 11.5. The van der Waals surface area contributed by atoms with E-state index < -0.39 is 0 Å². The highest BCUT2D eigenvalue weighted by Gasteiger charge is 2.73. The van der Waals surface area contributed by atoms with Crippen LogP contribution >= 0.6 is 0 Å². The molecule has 0 radical (unpaired) electrons. The Kier molecular flexibility index (Phi) is 2.41. The molecule has 0 N–H and O–H groups in total. The Morgan fingerprint density at radius 1 is 0.833 bits per heavy atom. The summed E-state index contributed by atoms with van der Waals surface area (Å²) in [7, 11) is 0. The SMILES string of the molecule is CC1C2CCCC3CC3C3CCCC(C)C4(CC5CC54)C3=C3C1C32. The third kappa shape index (κ3) is 1.43. The highest BCUT2D eigenvalue weighted by molar-refractivity contribution is 5.50. The van der Waals surface area contributed by atoms with Crippen molar-refractivity contribution in [2.75, 3.05) is 0 Å². The van der Waals surface area contributed by atoms with Crippen LogP contribution in [0.2, 0.25) is 0 Å². The van der Waals surface area contributed by atoms with E-state index in [4.69, 9.17) is 0 Å². The summed E-state index contributed by atoms with van der Waals surface area (Å²) in [6.45, 7) is 5.28. The van der Waals surface area contributed by atoms with Gasteiger partial charge < -0.3 is 0 Å². The van der Waals surface area contributed by atoms with E-state index >= 15 is 0 Å². The molecule has 0 aliphatic heterocycles. The van der Waals surface area contributed by atoms with Crippen LogP contribution < -0.4 is 0 Å². The van der Waals surface area contributed by atoms with E-state index in [1.807, 2.05) is 0 Å². The molecule has 6 fully saturated rings. The van der Waals surface area contributed by atoms with Gasteiger partial charge >= 0.3 is 0 Å². The molecule has 7 aliphatic rings. The summed E-state index contributed by atoms with van der Waals surface area (Å²) in [6.07, 6.45) is 14.2. The number of allylic oxidation sites excluding steroid dienone is 2. The van der Waals surface area contributed by atoms with Gasteiger partial charge in [0.15, 0.2) is 0 Å². The van der Waals surface area contributed by atoms with Crippen LogP contribution in [0.1, 0.15) is 71.6 Å². The molecule has 1 spiro atoms. The largest absolute Gasteiger partial charge is 0.0622 e. The van der Waals surface area contributed by atoms with Gasteiger partial charge in [-0.1, -0.05) is 44.3 Å². The van der Waals surface area contributed by atoms with E-state index in [0.717, 1.165) is 64.6 Å². The molecule has 0 bridgehead atoms. The van der Waals surface area contributed by atoms with Gasteiger partial charge in [-0.3, -0.25) is 0 Å². The maximum atomic E-state index is 2.67. The van der Waals surface area contributed by atoms with E-state index in [9.17, 15) is 0 Å². The first kappa shape index (κ1) is 13.9. The van der Waals surface area contributed by atoms with Crippen molar-refractivity contribution >= 4 is 0 Å². The average Bonchev–Trinajstić information content (AvgIpc) is 3.42. The molecule has 7 aliphatic carbocycles. The van der Waals surface area contributed by atoms with E-state index in [0.29, 0.717) is 0 Å². The first-order chi connectivity index (χ1) is 11.7. The van der Waals surface area contributed by atoms with Gasteiger partial charge in [0, 0.05) is 0 Å². The van der Waals surface area contributed by atoms with Crippen molar-refractivity contribution in [2.45, 2.75) is 71.6 Å². The topological polar surface area (TPSA) is 0 Å². The van der Waals surface area contributed by atoms with Crippen molar-refractivity contribution in [1.29, 1.82) is 0 Å². The minimum Gasteiger partial charge on any atom is -0.0622 e. The van der Waals surface area contributed by atoms with Gasteiger partial charge in [-0.2, -0.15) is 0 Å². The summed E-state index contributed by atoms with van der Waals surface area (Å²) in [5.74, 6) is 10.9. The van der Waals surface area contributed by atoms with E-state index in [2.05, 4.69) is 25.0 Å². The number of rotatable bonds is 0. The van der Waals surface area contributed by atoms with Crippen molar-refractivity contribution in [3.05, 3.63) is 11.1 Å². The highest BCUT2D eigenvalue weighted by Crippen LogP contribution is 2.81. The van der Waals surface area contributed by atoms with Gasteiger partial charge in [-0.15, -0.1) is 0 Å². The Hall–Kier alpha value is -0.260. The Bertz CT molecular complexity index is 642. The van der Waals surface area contributed by atoms with Gasteiger partial charge in [-0.05, 0) is 103 Å². The van der Waals surface area contributed by atoms with Crippen LogP contribution in [0.3, 0.4) is 0 Å². The van der Waals surface area contributed by atoms with Crippen molar-refractivity contribution in [2.24, 2.45) is 64.6 Å². The average molecular weight is 323 g/mol. The third-order valence-electron chi connectivity index (χ3n) is 10.7. The lowest BCUT2D eigenvalue weighted by molar-refractivity contribution is 0.0736. The molecule has 11 atom stereocenters. The molecule has 24 heavy (non-hydrogen) atoms. The zero-order valence-corrected chi connectivity index (χ0v) is 15.6.